The summed E-state index contributed by atoms with van der Waals surface area (Å²) in [7, 11) is 0. The lowest BCUT2D eigenvalue weighted by molar-refractivity contribution is 0.140. The number of benzene rings is 2. The third-order valence-corrected chi connectivity index (χ3v) is 2.95. The highest BCUT2D eigenvalue weighted by Gasteiger charge is 2.24. The second-order valence-electron chi connectivity index (χ2n) is 3.85. The Labute approximate surface area is 101 Å². The van der Waals surface area contributed by atoms with Gasteiger partial charge in [-0.15, -0.1) is 12.6 Å². The zero-order chi connectivity index (χ0) is 11.4. The van der Waals surface area contributed by atoms with Gasteiger partial charge in [0, 0.05) is 6.42 Å². The highest BCUT2D eigenvalue weighted by molar-refractivity contribution is 7.81. The van der Waals surface area contributed by atoms with Crippen LogP contribution >= 0.6 is 12.6 Å². The Hall–Kier alpha value is -1.25. The van der Waals surface area contributed by atoms with Crippen LogP contribution in [0.15, 0.2) is 60.7 Å². The minimum atomic E-state index is -1.11. The van der Waals surface area contributed by atoms with Crippen molar-refractivity contribution in [3.8, 4) is 0 Å². The third kappa shape index (κ3) is 2.65. The average molecular weight is 230 g/mol. The molecular weight excluding hydrogens is 216 g/mol. The van der Waals surface area contributed by atoms with Crippen LogP contribution in [0.4, 0.5) is 0 Å². The Morgan fingerprint density at radius 3 is 1.94 bits per heavy atom. The second kappa shape index (κ2) is 4.73. The van der Waals surface area contributed by atoms with E-state index in [1.54, 1.807) is 0 Å². The maximum Gasteiger partial charge on any atom is 0.137 e. The van der Waals surface area contributed by atoms with Crippen molar-refractivity contribution in [1.82, 2.24) is 0 Å². The van der Waals surface area contributed by atoms with Gasteiger partial charge in [-0.2, -0.15) is 0 Å². The first-order valence-corrected chi connectivity index (χ1v) is 5.67. The Morgan fingerprint density at radius 1 is 0.875 bits per heavy atom. The molecule has 82 valence electrons. The van der Waals surface area contributed by atoms with Crippen LogP contribution in [0, 0.1) is 0 Å². The molecule has 0 saturated carbocycles. The fourth-order valence-corrected chi connectivity index (χ4v) is 2.02. The first-order chi connectivity index (χ1) is 7.68. The van der Waals surface area contributed by atoms with E-state index in [0.29, 0.717) is 6.42 Å². The molecule has 0 aromatic heterocycles. The smallest absolute Gasteiger partial charge is 0.137 e. The van der Waals surface area contributed by atoms with E-state index in [0.717, 1.165) is 11.1 Å². The summed E-state index contributed by atoms with van der Waals surface area (Å²) < 4.78 is 0. The fourth-order valence-electron chi connectivity index (χ4n) is 1.69. The van der Waals surface area contributed by atoms with Crippen LogP contribution in [0.3, 0.4) is 0 Å². The quantitative estimate of drug-likeness (QED) is 0.613. The Kier molecular flexibility index (Phi) is 3.32. The Balaban J connectivity index is 2.21. The van der Waals surface area contributed by atoms with Gasteiger partial charge in [-0.05, 0) is 11.1 Å². The maximum absolute atomic E-state index is 10.3. The predicted molar refractivity (Wildman–Crippen MR) is 69.5 cm³/mol. The molecule has 2 aromatic rings. The lowest BCUT2D eigenvalue weighted by Gasteiger charge is -2.22. The van der Waals surface area contributed by atoms with E-state index in [2.05, 4.69) is 12.6 Å². The van der Waals surface area contributed by atoms with Crippen LogP contribution < -0.4 is 0 Å². The molecule has 0 aliphatic rings. The number of aliphatic hydroxyl groups is 1. The number of thiol groups is 1. The molecule has 2 aromatic carbocycles. The molecule has 0 spiro atoms. The van der Waals surface area contributed by atoms with Crippen LogP contribution in [0.2, 0.25) is 0 Å². The van der Waals surface area contributed by atoms with Crippen molar-refractivity contribution in [3.63, 3.8) is 0 Å². The van der Waals surface area contributed by atoms with E-state index in [1.165, 1.54) is 0 Å². The summed E-state index contributed by atoms with van der Waals surface area (Å²) in [5.74, 6) is 0. The Bertz CT molecular complexity index is 437. The molecule has 1 unspecified atom stereocenters. The van der Waals surface area contributed by atoms with Crippen LogP contribution in [0.5, 0.6) is 0 Å². The Morgan fingerprint density at radius 2 is 1.38 bits per heavy atom. The number of rotatable bonds is 3. The predicted octanol–water partition coefficient (Wildman–Crippen LogP) is 3.00. The van der Waals surface area contributed by atoms with Gasteiger partial charge in [-0.1, -0.05) is 60.7 Å². The van der Waals surface area contributed by atoms with E-state index in [-0.39, 0.29) is 0 Å². The summed E-state index contributed by atoms with van der Waals surface area (Å²) in [4.78, 5) is -1.11. The van der Waals surface area contributed by atoms with Crippen LogP contribution in [0.25, 0.3) is 0 Å². The monoisotopic (exact) mass is 230 g/mol. The standard InChI is InChI=1S/C14H14OS/c15-14(16,13-9-5-2-6-10-13)11-12-7-3-1-4-8-12/h1-10,15-16H,11H2. The summed E-state index contributed by atoms with van der Waals surface area (Å²) in [5.41, 5.74) is 1.89. The first kappa shape index (κ1) is 11.2. The van der Waals surface area contributed by atoms with E-state index in [9.17, 15) is 5.11 Å². The van der Waals surface area contributed by atoms with Crippen molar-refractivity contribution < 1.29 is 5.11 Å². The molecule has 0 aliphatic carbocycles. The van der Waals surface area contributed by atoms with Crippen molar-refractivity contribution >= 4 is 12.6 Å². The highest BCUT2D eigenvalue weighted by Crippen LogP contribution is 2.29. The molecule has 0 bridgehead atoms. The number of hydrogen-bond acceptors (Lipinski definition) is 2. The normalized spacial score (nSPS) is 14.4. The van der Waals surface area contributed by atoms with Gasteiger partial charge in [0.25, 0.3) is 0 Å². The van der Waals surface area contributed by atoms with Gasteiger partial charge in [-0.3, -0.25) is 0 Å². The second-order valence-corrected chi connectivity index (χ2v) is 4.58. The molecule has 0 amide bonds. The molecule has 0 heterocycles. The zero-order valence-corrected chi connectivity index (χ0v) is 9.77. The maximum atomic E-state index is 10.3. The number of hydrogen-bond donors (Lipinski definition) is 2. The van der Waals surface area contributed by atoms with Gasteiger partial charge in [0.15, 0.2) is 0 Å². The van der Waals surface area contributed by atoms with E-state index < -0.39 is 4.93 Å². The van der Waals surface area contributed by atoms with Crippen LogP contribution in [0.1, 0.15) is 11.1 Å². The fraction of sp³-hybridized carbons (Fsp3) is 0.143. The molecule has 0 fully saturated rings. The van der Waals surface area contributed by atoms with Crippen molar-refractivity contribution in [1.29, 1.82) is 0 Å². The van der Waals surface area contributed by atoms with Gasteiger partial charge in [0.1, 0.15) is 4.93 Å². The van der Waals surface area contributed by atoms with E-state index >= 15 is 0 Å². The molecule has 2 heteroatoms. The lowest BCUT2D eigenvalue weighted by atomic mass is 10.0. The summed E-state index contributed by atoms with van der Waals surface area (Å²) in [6.07, 6.45) is 0.501. The SMILES string of the molecule is OC(S)(Cc1ccccc1)c1ccccc1. The van der Waals surface area contributed by atoms with Crippen LogP contribution in [-0.2, 0) is 11.4 Å². The van der Waals surface area contributed by atoms with Gasteiger partial charge in [0.05, 0.1) is 0 Å². The van der Waals surface area contributed by atoms with E-state index in [4.69, 9.17) is 0 Å². The van der Waals surface area contributed by atoms with Crippen molar-refractivity contribution in [2.24, 2.45) is 0 Å². The molecule has 1 N–H and O–H groups in total. The van der Waals surface area contributed by atoms with Gasteiger partial charge < -0.3 is 5.11 Å². The van der Waals surface area contributed by atoms with E-state index in [1.807, 2.05) is 60.7 Å². The van der Waals surface area contributed by atoms with Crippen LogP contribution in [-0.4, -0.2) is 5.11 Å². The summed E-state index contributed by atoms with van der Waals surface area (Å²) >= 11 is 4.34. The zero-order valence-electron chi connectivity index (χ0n) is 8.88. The molecule has 16 heavy (non-hydrogen) atoms. The largest absolute Gasteiger partial charge is 0.375 e. The first-order valence-electron chi connectivity index (χ1n) is 5.23. The molecule has 0 saturated heterocycles. The highest BCUT2D eigenvalue weighted by atomic mass is 32.1. The van der Waals surface area contributed by atoms with Gasteiger partial charge in [0.2, 0.25) is 0 Å². The van der Waals surface area contributed by atoms with Crippen molar-refractivity contribution in [2.45, 2.75) is 11.4 Å². The van der Waals surface area contributed by atoms with Gasteiger partial charge >= 0.3 is 0 Å². The molecule has 2 rings (SSSR count). The third-order valence-electron chi connectivity index (χ3n) is 2.53. The minimum Gasteiger partial charge on any atom is -0.375 e. The van der Waals surface area contributed by atoms with Crippen molar-refractivity contribution in [2.75, 3.05) is 0 Å². The summed E-state index contributed by atoms with van der Waals surface area (Å²) in [6.45, 7) is 0. The molecule has 0 aliphatic heterocycles. The summed E-state index contributed by atoms with van der Waals surface area (Å²) in [6, 6.07) is 19.4. The topological polar surface area (TPSA) is 20.2 Å². The molecular formula is C14H14OS. The minimum absolute atomic E-state index is 0.501. The lowest BCUT2D eigenvalue weighted by Crippen LogP contribution is -2.21. The van der Waals surface area contributed by atoms with Gasteiger partial charge in [-0.25, -0.2) is 0 Å². The molecule has 1 atom stereocenters. The summed E-state index contributed by atoms with van der Waals surface area (Å²) in [5, 5.41) is 10.3. The van der Waals surface area contributed by atoms with Crippen molar-refractivity contribution in [3.05, 3.63) is 71.8 Å². The molecule has 0 radical (unpaired) electrons. The average Bonchev–Trinajstić information content (AvgIpc) is 2.31. The molecule has 1 nitrogen and oxygen atoms in total.